The first-order valence-corrected chi connectivity index (χ1v) is 11.0. The number of ether oxygens (including phenoxy) is 5. The van der Waals surface area contributed by atoms with Gasteiger partial charge in [0.05, 0.1) is 18.4 Å². The van der Waals surface area contributed by atoms with Crippen molar-refractivity contribution in [3.63, 3.8) is 0 Å². The Morgan fingerprint density at radius 3 is 2.31 bits per heavy atom. The molecular weight excluding hydrogens is 464 g/mol. The van der Waals surface area contributed by atoms with Gasteiger partial charge in [0.1, 0.15) is 12.1 Å². The van der Waals surface area contributed by atoms with Crippen LogP contribution >= 0.6 is 0 Å². The van der Waals surface area contributed by atoms with Crippen LogP contribution < -0.4 is 20.5 Å². The molecule has 2 rings (SSSR count). The monoisotopic (exact) mass is 494 g/mol. The summed E-state index contributed by atoms with van der Waals surface area (Å²) >= 11 is 0. The lowest BCUT2D eigenvalue weighted by molar-refractivity contribution is -0.169. The maximum atomic E-state index is 12.6. The second-order valence-corrected chi connectivity index (χ2v) is 8.44. The fourth-order valence-corrected chi connectivity index (χ4v) is 2.85. The Morgan fingerprint density at radius 2 is 1.69 bits per heavy atom. The minimum absolute atomic E-state index is 0.00784. The predicted octanol–water partition coefficient (Wildman–Crippen LogP) is 1.36. The van der Waals surface area contributed by atoms with Gasteiger partial charge in [0.2, 0.25) is 6.29 Å². The minimum Gasteiger partial charge on any atom is -0.461 e. The number of nitrogens with one attached hydrogen (secondary N) is 1. The molecule has 0 spiro atoms. The first-order valence-electron chi connectivity index (χ1n) is 11.0. The number of nitrogens with two attached hydrogens (primary N) is 1. The summed E-state index contributed by atoms with van der Waals surface area (Å²) in [6, 6.07) is 1.91. The molecule has 12 nitrogen and oxygen atoms in total. The summed E-state index contributed by atoms with van der Waals surface area (Å²) in [5.41, 5.74) is 6.05. The van der Waals surface area contributed by atoms with Gasteiger partial charge in [-0.25, -0.2) is 14.4 Å². The summed E-state index contributed by atoms with van der Waals surface area (Å²) in [6.07, 6.45) is -3.10. The summed E-state index contributed by atoms with van der Waals surface area (Å²) in [6.45, 7) is 7.89. The predicted molar refractivity (Wildman–Crippen MR) is 119 cm³/mol. The van der Waals surface area contributed by atoms with Crippen LogP contribution in [0.15, 0.2) is 18.2 Å². The largest absolute Gasteiger partial charge is 0.461 e. The van der Waals surface area contributed by atoms with Crippen LogP contribution in [0.1, 0.15) is 46.6 Å². The summed E-state index contributed by atoms with van der Waals surface area (Å²) in [5, 5.41) is 2.39. The average molecular weight is 494 g/mol. The molecule has 12 heteroatoms. The molecule has 0 aromatic heterocycles. The van der Waals surface area contributed by atoms with Crippen molar-refractivity contribution in [1.29, 1.82) is 0 Å². The molecule has 3 N–H and O–H groups in total. The van der Waals surface area contributed by atoms with E-state index in [9.17, 15) is 24.0 Å². The molecule has 2 unspecified atom stereocenters. The molecule has 0 aliphatic carbocycles. The van der Waals surface area contributed by atoms with Gasteiger partial charge < -0.3 is 34.7 Å². The second-order valence-electron chi connectivity index (χ2n) is 8.44. The van der Waals surface area contributed by atoms with E-state index in [-0.39, 0.29) is 24.3 Å². The number of hydrogen-bond acceptors (Lipinski definition) is 11. The van der Waals surface area contributed by atoms with Crippen LogP contribution in [-0.4, -0.2) is 54.4 Å². The number of esters is 4. The minimum atomic E-state index is -1.20. The van der Waals surface area contributed by atoms with Gasteiger partial charge in [-0.1, -0.05) is 19.9 Å². The van der Waals surface area contributed by atoms with E-state index >= 15 is 0 Å². The molecule has 1 aliphatic heterocycles. The van der Waals surface area contributed by atoms with Gasteiger partial charge in [-0.3, -0.25) is 9.59 Å². The Morgan fingerprint density at radius 1 is 1.00 bits per heavy atom. The smallest absolute Gasteiger partial charge is 0.410 e. The fourth-order valence-electron chi connectivity index (χ4n) is 2.85. The van der Waals surface area contributed by atoms with Crippen molar-refractivity contribution in [2.75, 3.05) is 0 Å². The van der Waals surface area contributed by atoms with E-state index in [0.29, 0.717) is 5.56 Å². The zero-order chi connectivity index (χ0) is 26.3. The van der Waals surface area contributed by atoms with E-state index in [1.807, 2.05) is 0 Å². The summed E-state index contributed by atoms with van der Waals surface area (Å²) < 4.78 is 25.6. The van der Waals surface area contributed by atoms with Crippen molar-refractivity contribution >= 4 is 30.0 Å². The highest BCUT2D eigenvalue weighted by Crippen LogP contribution is 2.31. The number of alkyl carbamates (subject to hydrolysis) is 1. The molecule has 1 aliphatic rings. The van der Waals surface area contributed by atoms with E-state index in [4.69, 9.17) is 29.4 Å². The van der Waals surface area contributed by atoms with Crippen LogP contribution in [0.25, 0.3) is 0 Å². The molecule has 1 heterocycles. The van der Waals surface area contributed by atoms with Crippen LogP contribution in [0, 0.1) is 5.92 Å². The number of benzene rings is 1. The molecule has 0 radical (unpaired) electrons. The third-order valence-electron chi connectivity index (χ3n) is 4.53. The lowest BCUT2D eigenvalue weighted by Gasteiger charge is -2.22. The molecule has 35 heavy (non-hydrogen) atoms. The Kier molecular flexibility index (Phi) is 9.58. The second kappa shape index (κ2) is 12.2. The van der Waals surface area contributed by atoms with Crippen LogP contribution in [0.4, 0.5) is 4.79 Å². The highest BCUT2D eigenvalue weighted by Gasteiger charge is 2.29. The van der Waals surface area contributed by atoms with Crippen LogP contribution in [0.3, 0.4) is 0 Å². The highest BCUT2D eigenvalue weighted by molar-refractivity contribution is 5.87. The summed E-state index contributed by atoms with van der Waals surface area (Å²) in [7, 11) is 0. The topological polar surface area (TPSA) is 170 Å². The van der Waals surface area contributed by atoms with Crippen LogP contribution in [0.2, 0.25) is 0 Å². The number of hydrogen-bond donors (Lipinski definition) is 2. The average Bonchev–Trinajstić information content (AvgIpc) is 2.73. The fraction of sp³-hybridized carbons (Fsp3) is 0.522. The molecule has 1 amide bonds. The molecule has 1 aromatic rings. The van der Waals surface area contributed by atoms with Gasteiger partial charge >= 0.3 is 30.0 Å². The lowest BCUT2D eigenvalue weighted by atomic mass is 10.0. The molecular formula is C23H30N2O10. The number of rotatable bonds is 8. The molecule has 0 fully saturated rings. The van der Waals surface area contributed by atoms with E-state index in [1.54, 1.807) is 27.7 Å². The molecule has 1 aromatic carbocycles. The number of amides is 1. The summed E-state index contributed by atoms with van der Waals surface area (Å²) in [5.74, 6) is -3.30. The molecule has 0 saturated heterocycles. The summed E-state index contributed by atoms with van der Waals surface area (Å²) in [4.78, 5) is 60.6. The zero-order valence-electron chi connectivity index (χ0n) is 20.2. The third kappa shape index (κ3) is 8.56. The Bertz CT molecular complexity index is 975. The Balaban J connectivity index is 2.18. The first kappa shape index (κ1) is 27.6. The van der Waals surface area contributed by atoms with Gasteiger partial charge in [0.15, 0.2) is 11.5 Å². The van der Waals surface area contributed by atoms with Crippen molar-refractivity contribution < 1.29 is 47.7 Å². The SMILES string of the molecule is CC(C)OC(=O)[C@H](Cc1ccc2c(c1)OC(=O)C(N)CC(=O)O2)NC(=O)OC(C)OC(=O)C(C)C. The van der Waals surface area contributed by atoms with Gasteiger partial charge in [-0.15, -0.1) is 0 Å². The van der Waals surface area contributed by atoms with Crippen molar-refractivity contribution in [3.05, 3.63) is 23.8 Å². The zero-order valence-corrected chi connectivity index (χ0v) is 20.2. The van der Waals surface area contributed by atoms with Crippen molar-refractivity contribution in [3.8, 4) is 11.5 Å². The number of carbonyl (C=O) groups excluding carboxylic acids is 5. The molecule has 0 bridgehead atoms. The standard InChI is InChI=1S/C23H30N2O10/c1-11(2)20(27)32-13(5)33-23(30)25-16(22(29)31-12(3)4)8-14-6-7-17-18(9-14)35-21(28)15(24)10-19(26)34-17/h6-7,9,11-13,15-16H,8,10,24H2,1-5H3,(H,25,30)/t13?,15?,16-/m0/s1. The number of fused-ring (bicyclic) bond motifs is 1. The normalized spacial score (nSPS) is 17.2. The number of carbonyl (C=O) groups is 5. The van der Waals surface area contributed by atoms with E-state index in [1.165, 1.54) is 25.1 Å². The van der Waals surface area contributed by atoms with Gasteiger partial charge in [-0.2, -0.15) is 0 Å². The van der Waals surface area contributed by atoms with E-state index in [0.717, 1.165) is 0 Å². The Labute approximate surface area is 202 Å². The molecule has 0 saturated carbocycles. The Hall–Kier alpha value is -3.67. The highest BCUT2D eigenvalue weighted by atomic mass is 16.7. The van der Waals surface area contributed by atoms with Crippen LogP contribution in [0.5, 0.6) is 11.5 Å². The van der Waals surface area contributed by atoms with Gasteiger partial charge in [0, 0.05) is 13.3 Å². The lowest BCUT2D eigenvalue weighted by Crippen LogP contribution is -2.45. The van der Waals surface area contributed by atoms with Gasteiger partial charge in [-0.05, 0) is 31.5 Å². The molecule has 192 valence electrons. The first-order chi connectivity index (χ1) is 16.3. The van der Waals surface area contributed by atoms with Crippen molar-refractivity contribution in [1.82, 2.24) is 5.32 Å². The van der Waals surface area contributed by atoms with E-state index in [2.05, 4.69) is 5.32 Å². The van der Waals surface area contributed by atoms with Crippen molar-refractivity contribution in [2.24, 2.45) is 11.7 Å². The molecule has 3 atom stereocenters. The third-order valence-corrected chi connectivity index (χ3v) is 4.53. The van der Waals surface area contributed by atoms with Crippen molar-refractivity contribution in [2.45, 2.75) is 71.9 Å². The van der Waals surface area contributed by atoms with E-state index < -0.39 is 60.4 Å². The maximum Gasteiger partial charge on any atom is 0.410 e. The van der Waals surface area contributed by atoms with Crippen LogP contribution in [-0.2, 0) is 39.8 Å². The van der Waals surface area contributed by atoms with Gasteiger partial charge in [0.25, 0.3) is 0 Å². The quantitative estimate of drug-likeness (QED) is 0.304. The maximum absolute atomic E-state index is 12.6.